The molecule has 272 valence electrons. The van der Waals surface area contributed by atoms with E-state index in [4.69, 9.17) is 9.47 Å². The first-order valence-electron chi connectivity index (χ1n) is 17.6. The number of hydrogen-bond donors (Lipinski definition) is 2. The third-order valence-corrected chi connectivity index (χ3v) is 9.03. The molecular formula is C42H46N2O8. The number of amides is 2. The van der Waals surface area contributed by atoms with E-state index in [1.807, 2.05) is 113 Å². The molecule has 1 saturated carbocycles. The first kappa shape index (κ1) is 37.6. The Balaban J connectivity index is 1.38. The third-order valence-electron chi connectivity index (χ3n) is 9.03. The fourth-order valence-electron chi connectivity index (χ4n) is 6.76. The fraction of sp³-hybridized carbons (Fsp3) is 0.333. The number of carboxylic acids is 2. The van der Waals surface area contributed by atoms with Gasteiger partial charge in [-0.3, -0.25) is 19.2 Å². The first-order valence-corrected chi connectivity index (χ1v) is 17.6. The molecule has 1 aliphatic rings. The predicted molar refractivity (Wildman–Crippen MR) is 196 cm³/mol. The van der Waals surface area contributed by atoms with Gasteiger partial charge in [0.25, 0.3) is 0 Å². The lowest BCUT2D eigenvalue weighted by Gasteiger charge is -2.48. The van der Waals surface area contributed by atoms with Crippen LogP contribution in [0, 0.1) is 35.5 Å². The molecule has 0 bridgehead atoms. The Morgan fingerprint density at radius 1 is 0.500 bits per heavy atom. The van der Waals surface area contributed by atoms with Gasteiger partial charge >= 0.3 is 11.9 Å². The van der Waals surface area contributed by atoms with Crippen LogP contribution in [0.3, 0.4) is 0 Å². The largest absolute Gasteiger partial charge is 0.481 e. The molecule has 0 spiro atoms. The lowest BCUT2D eigenvalue weighted by molar-refractivity contribution is -0.188. The number of benzene rings is 4. The molecule has 5 rings (SSSR count). The van der Waals surface area contributed by atoms with Crippen molar-refractivity contribution in [2.75, 3.05) is 13.1 Å². The molecule has 10 nitrogen and oxygen atoms in total. The van der Waals surface area contributed by atoms with Crippen molar-refractivity contribution in [2.24, 2.45) is 35.5 Å². The Morgan fingerprint density at radius 2 is 0.808 bits per heavy atom. The van der Waals surface area contributed by atoms with Gasteiger partial charge in [-0.2, -0.15) is 0 Å². The molecule has 4 aromatic rings. The van der Waals surface area contributed by atoms with Crippen molar-refractivity contribution in [1.29, 1.82) is 0 Å². The van der Waals surface area contributed by atoms with Gasteiger partial charge in [-0.15, -0.1) is 0 Å². The lowest BCUT2D eigenvalue weighted by Crippen LogP contribution is -2.64. The van der Waals surface area contributed by atoms with Gasteiger partial charge in [-0.05, 0) is 71.5 Å². The molecule has 52 heavy (non-hydrogen) atoms. The topological polar surface area (TPSA) is 134 Å². The second-order valence-corrected chi connectivity index (χ2v) is 14.1. The predicted octanol–water partition coefficient (Wildman–Crippen LogP) is 7.59. The van der Waals surface area contributed by atoms with Crippen LogP contribution >= 0.6 is 0 Å². The summed E-state index contributed by atoms with van der Waals surface area (Å²) in [6, 6.07) is 33.2. The summed E-state index contributed by atoms with van der Waals surface area (Å²) in [5.41, 5.74) is 1.55. The van der Waals surface area contributed by atoms with Crippen molar-refractivity contribution in [1.82, 2.24) is 9.80 Å². The molecule has 2 amide bonds. The van der Waals surface area contributed by atoms with Gasteiger partial charge < -0.3 is 29.5 Å². The van der Waals surface area contributed by atoms with Crippen LogP contribution in [0.25, 0.3) is 0 Å². The second kappa shape index (κ2) is 17.0. The maximum Gasteiger partial charge on any atom is 0.308 e. The smallest absolute Gasteiger partial charge is 0.308 e. The van der Waals surface area contributed by atoms with E-state index in [-0.39, 0.29) is 38.0 Å². The Bertz CT molecular complexity index is 1680. The molecule has 0 aliphatic heterocycles. The summed E-state index contributed by atoms with van der Waals surface area (Å²) in [4.78, 5) is 57.1. The highest BCUT2D eigenvalue weighted by Gasteiger charge is 2.64. The van der Waals surface area contributed by atoms with Crippen LogP contribution in [0.4, 0.5) is 0 Å². The molecule has 0 heterocycles. The van der Waals surface area contributed by atoms with Crippen molar-refractivity contribution in [3.05, 3.63) is 120 Å². The van der Waals surface area contributed by atoms with Gasteiger partial charge in [-0.1, -0.05) is 88.4 Å². The molecule has 0 saturated heterocycles. The highest BCUT2D eigenvalue weighted by molar-refractivity contribution is 5.99. The number of carbonyl (C=O) groups excluding carboxylic acids is 2. The minimum atomic E-state index is -1.55. The van der Waals surface area contributed by atoms with Gasteiger partial charge in [0.05, 0.1) is 23.7 Å². The van der Waals surface area contributed by atoms with E-state index in [9.17, 15) is 29.4 Å². The minimum absolute atomic E-state index is 0.0173. The van der Waals surface area contributed by atoms with Crippen molar-refractivity contribution >= 4 is 23.8 Å². The van der Waals surface area contributed by atoms with E-state index in [1.165, 1.54) is 0 Å². The van der Waals surface area contributed by atoms with E-state index in [2.05, 4.69) is 0 Å². The Hall–Kier alpha value is -5.64. The van der Waals surface area contributed by atoms with E-state index in [0.717, 1.165) is 11.1 Å². The standard InChI is InChI=1S/C42H46N2O8/c1-27(2)23-43(25-29-15-19-33(20-16-29)51-31-11-7-5-8-12-31)39(45)35-36(38(42(49)50)37(35)41(47)48)40(46)44(24-28(3)4)26-30-17-21-34(22-18-30)52-32-13-9-6-10-14-32/h5-22,27-28,35-38H,23-26H2,1-4H3,(H,47,48)(H,49,50)/t35-,36-,37-,38-/m1/s1. The number of aliphatic carboxylic acids is 2. The van der Waals surface area contributed by atoms with Gasteiger partial charge in [0, 0.05) is 26.2 Å². The molecule has 0 radical (unpaired) electrons. The molecule has 0 unspecified atom stereocenters. The van der Waals surface area contributed by atoms with E-state index in [1.54, 1.807) is 34.1 Å². The van der Waals surface area contributed by atoms with Gasteiger partial charge in [-0.25, -0.2) is 0 Å². The molecule has 4 atom stereocenters. The number of nitrogens with zero attached hydrogens (tertiary/aromatic N) is 2. The number of carboxylic acid groups (broad SMARTS) is 2. The second-order valence-electron chi connectivity index (χ2n) is 14.1. The van der Waals surface area contributed by atoms with Crippen molar-refractivity contribution in [2.45, 2.75) is 40.8 Å². The van der Waals surface area contributed by atoms with Crippen LogP contribution in [0.2, 0.25) is 0 Å². The highest BCUT2D eigenvalue weighted by atomic mass is 16.5. The monoisotopic (exact) mass is 706 g/mol. The SMILES string of the molecule is CC(C)CN(Cc1ccc(Oc2ccccc2)cc1)C(=O)[C@H]1[C@@H](C(=O)O)[C@H](C(=O)O)[C@@H]1C(=O)N(Cc1ccc(Oc2ccccc2)cc1)CC(C)C. The fourth-order valence-corrected chi connectivity index (χ4v) is 6.76. The van der Waals surface area contributed by atoms with Crippen molar-refractivity contribution in [3.63, 3.8) is 0 Å². The summed E-state index contributed by atoms with van der Waals surface area (Å²) in [5.74, 6) is -7.09. The average molecular weight is 707 g/mol. The van der Waals surface area contributed by atoms with Crippen LogP contribution in [0.15, 0.2) is 109 Å². The van der Waals surface area contributed by atoms with Gasteiger partial charge in [0.2, 0.25) is 11.8 Å². The van der Waals surface area contributed by atoms with Crippen molar-refractivity contribution < 1.29 is 38.9 Å². The Labute approximate surface area is 304 Å². The van der Waals surface area contributed by atoms with Crippen LogP contribution < -0.4 is 9.47 Å². The zero-order valence-corrected chi connectivity index (χ0v) is 29.9. The number of rotatable bonds is 16. The zero-order chi connectivity index (χ0) is 37.4. The van der Waals surface area contributed by atoms with Crippen LogP contribution in [-0.4, -0.2) is 56.9 Å². The Morgan fingerprint density at radius 3 is 1.10 bits per heavy atom. The highest BCUT2D eigenvalue weighted by Crippen LogP contribution is 2.49. The third kappa shape index (κ3) is 9.37. The molecule has 2 N–H and O–H groups in total. The first-order chi connectivity index (χ1) is 24.9. The van der Waals surface area contributed by atoms with Crippen LogP contribution in [0.1, 0.15) is 38.8 Å². The molecule has 10 heteroatoms. The summed E-state index contributed by atoms with van der Waals surface area (Å²) < 4.78 is 11.8. The molecule has 4 aromatic carbocycles. The lowest BCUT2D eigenvalue weighted by atomic mass is 9.55. The minimum Gasteiger partial charge on any atom is -0.481 e. The zero-order valence-electron chi connectivity index (χ0n) is 29.9. The summed E-state index contributed by atoms with van der Waals surface area (Å²) in [7, 11) is 0. The maximum absolute atomic E-state index is 14.4. The summed E-state index contributed by atoms with van der Waals surface area (Å²) >= 11 is 0. The van der Waals surface area contributed by atoms with Crippen LogP contribution in [-0.2, 0) is 32.3 Å². The van der Waals surface area contributed by atoms with Crippen LogP contribution in [0.5, 0.6) is 23.0 Å². The molecule has 1 aliphatic carbocycles. The van der Waals surface area contributed by atoms with Crippen molar-refractivity contribution in [3.8, 4) is 23.0 Å². The molecule has 0 aromatic heterocycles. The average Bonchev–Trinajstić information content (AvgIpc) is 3.09. The van der Waals surface area contributed by atoms with Gasteiger partial charge in [0.15, 0.2) is 0 Å². The van der Waals surface area contributed by atoms with Gasteiger partial charge in [0.1, 0.15) is 23.0 Å². The number of carbonyl (C=O) groups is 4. The number of para-hydroxylation sites is 2. The van der Waals surface area contributed by atoms with E-state index in [0.29, 0.717) is 23.0 Å². The summed E-state index contributed by atoms with van der Waals surface area (Å²) in [5, 5.41) is 20.5. The molecule has 1 fully saturated rings. The summed E-state index contributed by atoms with van der Waals surface area (Å²) in [6.45, 7) is 8.64. The maximum atomic E-state index is 14.4. The Kier molecular flexibility index (Phi) is 12.3. The van der Waals surface area contributed by atoms with E-state index >= 15 is 0 Å². The number of ether oxygens (including phenoxy) is 2. The molecular weight excluding hydrogens is 660 g/mol. The van der Waals surface area contributed by atoms with E-state index < -0.39 is 47.4 Å². The normalized spacial score (nSPS) is 18.0. The quantitative estimate of drug-likeness (QED) is 0.122. The number of hydrogen-bond acceptors (Lipinski definition) is 6. The summed E-state index contributed by atoms with van der Waals surface area (Å²) in [6.07, 6.45) is 0.